The highest BCUT2D eigenvalue weighted by Gasteiger charge is 2.12. The Kier molecular flexibility index (Phi) is 5.98. The van der Waals surface area contributed by atoms with Crippen LogP contribution in [-0.2, 0) is 10.8 Å². The standard InChI is InChI=1S/C13H21N3O2S/c1-9-4-5-12(16-14)11(8-9)13(17)15-7-6-10(2)19(3)18/h4-5,8,10,16H,6-7,14H2,1-3H3,(H,15,17). The number of carbonyl (C=O) groups is 1. The quantitative estimate of drug-likeness (QED) is 0.540. The van der Waals surface area contributed by atoms with Crippen molar-refractivity contribution >= 4 is 22.4 Å². The summed E-state index contributed by atoms with van der Waals surface area (Å²) < 4.78 is 11.2. The van der Waals surface area contributed by atoms with Gasteiger partial charge in [0, 0.05) is 28.9 Å². The van der Waals surface area contributed by atoms with Crippen molar-refractivity contribution in [2.45, 2.75) is 25.5 Å². The number of carbonyl (C=O) groups excluding carboxylic acids is 1. The first-order valence-electron chi connectivity index (χ1n) is 6.13. The molecule has 2 unspecified atom stereocenters. The smallest absolute Gasteiger partial charge is 0.253 e. The van der Waals surface area contributed by atoms with E-state index in [1.807, 2.05) is 19.9 Å². The number of anilines is 1. The predicted octanol–water partition coefficient (Wildman–Crippen LogP) is 1.17. The molecule has 0 radical (unpaired) electrons. The molecule has 19 heavy (non-hydrogen) atoms. The van der Waals surface area contributed by atoms with Gasteiger partial charge in [-0.25, -0.2) is 0 Å². The molecule has 1 aromatic rings. The van der Waals surface area contributed by atoms with Crippen LogP contribution in [0.15, 0.2) is 18.2 Å². The summed E-state index contributed by atoms with van der Waals surface area (Å²) in [5.41, 5.74) is 4.62. The number of nitrogens with two attached hydrogens (primary N) is 1. The molecule has 0 aliphatic heterocycles. The zero-order chi connectivity index (χ0) is 14.4. The fourth-order valence-corrected chi connectivity index (χ4v) is 2.07. The summed E-state index contributed by atoms with van der Waals surface area (Å²) in [6.45, 7) is 4.32. The lowest BCUT2D eigenvalue weighted by Crippen LogP contribution is -2.28. The molecule has 0 saturated heterocycles. The molecule has 0 aromatic heterocycles. The fraction of sp³-hybridized carbons (Fsp3) is 0.462. The van der Waals surface area contributed by atoms with E-state index in [1.165, 1.54) is 0 Å². The molecule has 0 heterocycles. The van der Waals surface area contributed by atoms with Gasteiger partial charge in [-0.05, 0) is 25.5 Å². The van der Waals surface area contributed by atoms with E-state index in [9.17, 15) is 9.00 Å². The Hall–Kier alpha value is -1.40. The summed E-state index contributed by atoms with van der Waals surface area (Å²) in [6, 6.07) is 5.44. The molecule has 0 spiro atoms. The maximum atomic E-state index is 12.0. The predicted molar refractivity (Wildman–Crippen MR) is 79.5 cm³/mol. The Morgan fingerprint density at radius 2 is 2.16 bits per heavy atom. The molecular weight excluding hydrogens is 262 g/mol. The van der Waals surface area contributed by atoms with Crippen molar-refractivity contribution in [2.75, 3.05) is 18.2 Å². The Morgan fingerprint density at radius 3 is 2.74 bits per heavy atom. The zero-order valence-electron chi connectivity index (χ0n) is 11.5. The summed E-state index contributed by atoms with van der Waals surface area (Å²) in [5, 5.41) is 2.89. The Morgan fingerprint density at radius 1 is 1.47 bits per heavy atom. The fourth-order valence-electron chi connectivity index (χ4n) is 1.62. The van der Waals surface area contributed by atoms with Gasteiger partial charge in [0.15, 0.2) is 0 Å². The summed E-state index contributed by atoms with van der Waals surface area (Å²) >= 11 is 0. The number of nitrogen functional groups attached to an aromatic ring is 1. The van der Waals surface area contributed by atoms with Crippen LogP contribution in [0.2, 0.25) is 0 Å². The number of hydrogen-bond donors (Lipinski definition) is 3. The van der Waals surface area contributed by atoms with Crippen LogP contribution in [0.3, 0.4) is 0 Å². The first-order valence-corrected chi connectivity index (χ1v) is 7.75. The molecule has 106 valence electrons. The highest BCUT2D eigenvalue weighted by molar-refractivity contribution is 7.84. The maximum Gasteiger partial charge on any atom is 0.253 e. The lowest BCUT2D eigenvalue weighted by Gasteiger charge is -2.12. The van der Waals surface area contributed by atoms with Gasteiger partial charge in [0.25, 0.3) is 5.91 Å². The summed E-state index contributed by atoms with van der Waals surface area (Å²) in [4.78, 5) is 12.0. The summed E-state index contributed by atoms with van der Waals surface area (Å²) in [5.74, 6) is 5.21. The second-order valence-corrected chi connectivity index (χ2v) is 6.35. The number of hydrazine groups is 1. The topological polar surface area (TPSA) is 84.2 Å². The third-order valence-electron chi connectivity index (χ3n) is 2.98. The number of hydrogen-bond acceptors (Lipinski definition) is 4. The molecule has 1 aromatic carbocycles. The third kappa shape index (κ3) is 4.65. The second kappa shape index (κ2) is 7.25. The van der Waals surface area contributed by atoms with Crippen LogP contribution in [0, 0.1) is 6.92 Å². The van der Waals surface area contributed by atoms with Crippen molar-refractivity contribution in [2.24, 2.45) is 5.84 Å². The minimum absolute atomic E-state index is 0.0740. The number of benzene rings is 1. The molecule has 0 bridgehead atoms. The van der Waals surface area contributed by atoms with Gasteiger partial charge in [-0.2, -0.15) is 0 Å². The monoisotopic (exact) mass is 283 g/mol. The first kappa shape index (κ1) is 15.7. The van der Waals surface area contributed by atoms with Crippen LogP contribution >= 0.6 is 0 Å². The van der Waals surface area contributed by atoms with Gasteiger partial charge in [0.2, 0.25) is 0 Å². The molecule has 0 fully saturated rings. The molecular formula is C13H21N3O2S. The van der Waals surface area contributed by atoms with Crippen molar-refractivity contribution in [3.05, 3.63) is 29.3 Å². The Balaban J connectivity index is 2.63. The normalized spacial score (nSPS) is 13.7. The van der Waals surface area contributed by atoms with Gasteiger partial charge in [-0.15, -0.1) is 0 Å². The molecule has 0 aliphatic rings. The van der Waals surface area contributed by atoms with Crippen molar-refractivity contribution in [1.29, 1.82) is 0 Å². The van der Waals surface area contributed by atoms with Gasteiger partial charge in [0.1, 0.15) is 0 Å². The molecule has 2 atom stereocenters. The highest BCUT2D eigenvalue weighted by Crippen LogP contribution is 2.16. The maximum absolute atomic E-state index is 12.0. The molecule has 1 amide bonds. The average Bonchev–Trinajstić information content (AvgIpc) is 2.38. The molecule has 0 saturated carbocycles. The van der Waals surface area contributed by atoms with Gasteiger partial charge >= 0.3 is 0 Å². The highest BCUT2D eigenvalue weighted by atomic mass is 32.2. The minimum Gasteiger partial charge on any atom is -0.352 e. The van der Waals surface area contributed by atoms with E-state index in [0.29, 0.717) is 24.2 Å². The van der Waals surface area contributed by atoms with Crippen molar-refractivity contribution in [3.63, 3.8) is 0 Å². The van der Waals surface area contributed by atoms with Crippen molar-refractivity contribution < 1.29 is 9.00 Å². The zero-order valence-corrected chi connectivity index (χ0v) is 12.3. The lowest BCUT2D eigenvalue weighted by atomic mass is 10.1. The number of rotatable bonds is 6. The van der Waals surface area contributed by atoms with Gasteiger partial charge in [0.05, 0.1) is 11.3 Å². The van der Waals surface area contributed by atoms with E-state index in [2.05, 4.69) is 10.7 Å². The van der Waals surface area contributed by atoms with E-state index < -0.39 is 10.8 Å². The van der Waals surface area contributed by atoms with E-state index in [0.717, 1.165) is 5.56 Å². The van der Waals surface area contributed by atoms with Crippen LogP contribution in [0.1, 0.15) is 29.3 Å². The van der Waals surface area contributed by atoms with Gasteiger partial charge in [-0.3, -0.25) is 14.8 Å². The summed E-state index contributed by atoms with van der Waals surface area (Å²) in [6.07, 6.45) is 2.36. The van der Waals surface area contributed by atoms with Gasteiger partial charge in [-0.1, -0.05) is 18.6 Å². The molecule has 0 aliphatic carbocycles. The Labute approximate surface area is 116 Å². The molecule has 5 nitrogen and oxygen atoms in total. The Bertz CT molecular complexity index is 477. The molecule has 4 N–H and O–H groups in total. The second-order valence-electron chi connectivity index (χ2n) is 4.55. The molecule has 1 rings (SSSR count). The van der Waals surface area contributed by atoms with Crippen LogP contribution in [0.5, 0.6) is 0 Å². The van der Waals surface area contributed by atoms with E-state index in [4.69, 9.17) is 5.84 Å². The first-order chi connectivity index (χ1) is 8.95. The van der Waals surface area contributed by atoms with Crippen molar-refractivity contribution in [3.8, 4) is 0 Å². The van der Waals surface area contributed by atoms with Crippen LogP contribution in [0.25, 0.3) is 0 Å². The van der Waals surface area contributed by atoms with E-state index in [-0.39, 0.29) is 11.2 Å². The largest absolute Gasteiger partial charge is 0.352 e. The number of amides is 1. The number of aryl methyl sites for hydroxylation is 1. The average molecular weight is 283 g/mol. The minimum atomic E-state index is -0.863. The van der Waals surface area contributed by atoms with Crippen LogP contribution in [0.4, 0.5) is 5.69 Å². The number of nitrogens with one attached hydrogen (secondary N) is 2. The van der Waals surface area contributed by atoms with Crippen LogP contribution < -0.4 is 16.6 Å². The van der Waals surface area contributed by atoms with E-state index in [1.54, 1.807) is 18.4 Å². The van der Waals surface area contributed by atoms with Crippen molar-refractivity contribution in [1.82, 2.24) is 5.32 Å². The van der Waals surface area contributed by atoms with Gasteiger partial charge < -0.3 is 10.7 Å². The summed E-state index contributed by atoms with van der Waals surface area (Å²) in [7, 11) is -0.863. The molecule has 6 heteroatoms. The van der Waals surface area contributed by atoms with E-state index >= 15 is 0 Å². The third-order valence-corrected chi connectivity index (χ3v) is 4.35. The lowest BCUT2D eigenvalue weighted by molar-refractivity contribution is 0.0954. The van der Waals surface area contributed by atoms with Crippen LogP contribution in [-0.4, -0.2) is 28.2 Å². The SMILES string of the molecule is Cc1ccc(NN)c(C(=O)NCCC(C)S(C)=O)c1.